The maximum absolute atomic E-state index is 14.9. The molecule has 0 radical (unpaired) electrons. The van der Waals surface area contributed by atoms with Gasteiger partial charge in [0.05, 0.1) is 5.56 Å². The van der Waals surface area contributed by atoms with Crippen molar-refractivity contribution in [3.63, 3.8) is 0 Å². The summed E-state index contributed by atoms with van der Waals surface area (Å²) in [5.41, 5.74) is 5.61. The molecule has 0 bridgehead atoms. The van der Waals surface area contributed by atoms with Gasteiger partial charge in [-0.3, -0.25) is 9.69 Å². The first kappa shape index (κ1) is 31.8. The number of halogens is 1. The number of nitrogens with zero attached hydrogens (tertiary/aromatic N) is 4. The molecule has 6 rings (SSSR count). The SMILES string of the molecule is Cc1c(C(=O)O)c(-c2cc3c(cc2C(=O)N2Cc4ccccc4C[C@H]2CN2CC[C@@H](F)C2)CN(C(=O)OC(C)(C)C)CC3)cn1C. The number of hydrogen-bond donors (Lipinski definition) is 1. The van der Waals surface area contributed by atoms with Crippen molar-refractivity contribution in [2.45, 2.75) is 77.9 Å². The number of carboxylic acid groups (broad SMARTS) is 1. The fourth-order valence-corrected chi connectivity index (χ4v) is 7.08. The molecule has 46 heavy (non-hydrogen) atoms. The molecule has 1 aromatic heterocycles. The Labute approximate surface area is 269 Å². The maximum atomic E-state index is 14.9. The third-order valence-electron chi connectivity index (χ3n) is 9.52. The second-order valence-corrected chi connectivity index (χ2v) is 13.9. The smallest absolute Gasteiger partial charge is 0.410 e. The molecule has 2 atom stereocenters. The minimum Gasteiger partial charge on any atom is -0.478 e. The number of fused-ring (bicyclic) bond motifs is 2. The molecule has 3 aliphatic rings. The van der Waals surface area contributed by atoms with E-state index in [1.165, 1.54) is 5.56 Å². The van der Waals surface area contributed by atoms with E-state index in [2.05, 4.69) is 11.0 Å². The lowest BCUT2D eigenvalue weighted by atomic mass is 9.88. The van der Waals surface area contributed by atoms with Gasteiger partial charge >= 0.3 is 12.1 Å². The summed E-state index contributed by atoms with van der Waals surface area (Å²) in [6.45, 7) is 9.94. The van der Waals surface area contributed by atoms with Gasteiger partial charge in [-0.05, 0) is 86.9 Å². The van der Waals surface area contributed by atoms with Crippen LogP contribution in [0, 0.1) is 6.92 Å². The third kappa shape index (κ3) is 6.27. The molecule has 0 unspecified atom stereocenters. The number of hydrogen-bond acceptors (Lipinski definition) is 5. The quantitative estimate of drug-likeness (QED) is 0.394. The summed E-state index contributed by atoms with van der Waals surface area (Å²) in [5, 5.41) is 10.3. The lowest BCUT2D eigenvalue weighted by Crippen LogP contribution is -2.50. The van der Waals surface area contributed by atoms with E-state index in [9.17, 15) is 23.9 Å². The molecule has 1 N–H and O–H groups in total. The summed E-state index contributed by atoms with van der Waals surface area (Å²) in [5.74, 6) is -1.26. The van der Waals surface area contributed by atoms with Gasteiger partial charge in [0.25, 0.3) is 5.91 Å². The van der Waals surface area contributed by atoms with Crippen molar-refractivity contribution in [2.24, 2.45) is 7.05 Å². The van der Waals surface area contributed by atoms with Crippen molar-refractivity contribution in [1.29, 1.82) is 0 Å². The van der Waals surface area contributed by atoms with Crippen molar-refractivity contribution in [2.75, 3.05) is 26.2 Å². The van der Waals surface area contributed by atoms with E-state index in [1.54, 1.807) is 29.6 Å². The number of carboxylic acids is 1. The Hall–Kier alpha value is -4.18. The Kier molecular flexibility index (Phi) is 8.43. The van der Waals surface area contributed by atoms with Gasteiger partial charge in [0.1, 0.15) is 11.8 Å². The van der Waals surface area contributed by atoms with Crippen LogP contribution in [0.5, 0.6) is 0 Å². The number of rotatable bonds is 5. The Balaban J connectivity index is 1.44. The van der Waals surface area contributed by atoms with E-state index in [0.717, 1.165) is 16.7 Å². The van der Waals surface area contributed by atoms with Crippen LogP contribution in [0.25, 0.3) is 11.1 Å². The summed E-state index contributed by atoms with van der Waals surface area (Å²) in [6, 6.07) is 11.7. The second kappa shape index (κ2) is 12.2. The van der Waals surface area contributed by atoms with Crippen molar-refractivity contribution in [3.8, 4) is 11.1 Å². The fourth-order valence-electron chi connectivity index (χ4n) is 7.08. The number of alkyl halides is 1. The fraction of sp³-hybridized carbons (Fsp3) is 0.472. The van der Waals surface area contributed by atoms with Gasteiger partial charge in [-0.2, -0.15) is 0 Å². The highest BCUT2D eigenvalue weighted by molar-refractivity contribution is 6.05. The molecular weight excluding hydrogens is 587 g/mol. The molecule has 3 aliphatic heterocycles. The minimum absolute atomic E-state index is 0.161. The molecule has 244 valence electrons. The van der Waals surface area contributed by atoms with Crippen LogP contribution in [-0.2, 0) is 37.7 Å². The summed E-state index contributed by atoms with van der Waals surface area (Å²) in [7, 11) is 1.80. The number of carbonyl (C=O) groups excluding carboxylic acids is 2. The standard InChI is InChI=1S/C36H43FN4O5/c1-22-32(34(43)44)31(21-38(22)5)29-15-24-10-13-40(35(45)46-36(2,3)4)17-26(24)16-30(29)33(42)41-18-25-9-7-6-8-23(25)14-28(41)20-39-12-11-27(37)19-39/h6-9,15-16,21,27-28H,10-14,17-20H2,1-5H3,(H,43,44)/t27-,28+/m1/s1. The van der Waals surface area contributed by atoms with E-state index in [0.29, 0.717) is 74.4 Å². The van der Waals surface area contributed by atoms with Crippen molar-refractivity contribution in [3.05, 3.63) is 81.7 Å². The molecule has 2 amide bonds. The second-order valence-electron chi connectivity index (χ2n) is 13.9. The number of aryl methyl sites for hydroxylation is 1. The molecule has 10 heteroatoms. The van der Waals surface area contributed by atoms with E-state index >= 15 is 0 Å². The zero-order chi connectivity index (χ0) is 32.9. The van der Waals surface area contributed by atoms with Gasteiger partial charge in [0.2, 0.25) is 0 Å². The van der Waals surface area contributed by atoms with Crippen LogP contribution in [0.4, 0.5) is 9.18 Å². The molecular formula is C36H43FN4O5. The average Bonchev–Trinajstić information content (AvgIpc) is 3.55. The predicted molar refractivity (Wildman–Crippen MR) is 173 cm³/mol. The van der Waals surface area contributed by atoms with E-state index in [1.807, 2.05) is 56.0 Å². The summed E-state index contributed by atoms with van der Waals surface area (Å²) < 4.78 is 21.6. The molecule has 4 heterocycles. The van der Waals surface area contributed by atoms with Crippen LogP contribution in [-0.4, -0.2) is 86.3 Å². The zero-order valence-electron chi connectivity index (χ0n) is 27.3. The van der Waals surface area contributed by atoms with Crippen LogP contribution in [0.3, 0.4) is 0 Å². The van der Waals surface area contributed by atoms with E-state index < -0.39 is 23.8 Å². The minimum atomic E-state index is -1.06. The molecule has 9 nitrogen and oxygen atoms in total. The maximum Gasteiger partial charge on any atom is 0.410 e. The number of aromatic carboxylic acids is 1. The molecule has 1 saturated heterocycles. The zero-order valence-corrected chi connectivity index (χ0v) is 27.3. The summed E-state index contributed by atoms with van der Waals surface area (Å²) in [4.78, 5) is 46.1. The number of benzene rings is 2. The van der Waals surface area contributed by atoms with Crippen LogP contribution >= 0.6 is 0 Å². The molecule has 3 aromatic rings. The van der Waals surface area contributed by atoms with Gasteiger partial charge in [0, 0.05) is 75.4 Å². The number of aromatic nitrogens is 1. The molecule has 1 fully saturated rings. The Morgan fingerprint density at radius 2 is 1.74 bits per heavy atom. The number of likely N-dealkylation sites (tertiary alicyclic amines) is 1. The topological polar surface area (TPSA) is 95.3 Å². The van der Waals surface area contributed by atoms with Crippen molar-refractivity contribution < 1.29 is 28.6 Å². The van der Waals surface area contributed by atoms with Crippen LogP contribution in [0.2, 0.25) is 0 Å². The lowest BCUT2D eigenvalue weighted by Gasteiger charge is -2.39. The Morgan fingerprint density at radius 3 is 2.41 bits per heavy atom. The average molecular weight is 631 g/mol. The monoisotopic (exact) mass is 630 g/mol. The normalized spacial score (nSPS) is 20.0. The van der Waals surface area contributed by atoms with Gasteiger partial charge in [-0.1, -0.05) is 24.3 Å². The van der Waals surface area contributed by atoms with Crippen LogP contribution < -0.4 is 0 Å². The van der Waals surface area contributed by atoms with Gasteiger partial charge in [0.15, 0.2) is 0 Å². The Morgan fingerprint density at radius 1 is 1.00 bits per heavy atom. The van der Waals surface area contributed by atoms with Crippen LogP contribution in [0.1, 0.15) is 75.9 Å². The molecule has 2 aromatic carbocycles. The summed E-state index contributed by atoms with van der Waals surface area (Å²) in [6.07, 6.45) is 2.19. The van der Waals surface area contributed by atoms with E-state index in [4.69, 9.17) is 4.74 Å². The molecule has 0 aliphatic carbocycles. The predicted octanol–water partition coefficient (Wildman–Crippen LogP) is 5.60. The largest absolute Gasteiger partial charge is 0.478 e. The lowest BCUT2D eigenvalue weighted by molar-refractivity contribution is 0.0223. The third-order valence-corrected chi connectivity index (χ3v) is 9.52. The number of amides is 2. The van der Waals surface area contributed by atoms with Gasteiger partial charge in [-0.25, -0.2) is 14.0 Å². The first-order chi connectivity index (χ1) is 21.8. The number of ether oxygens (including phenoxy) is 1. The first-order valence-corrected chi connectivity index (χ1v) is 16.1. The van der Waals surface area contributed by atoms with Crippen molar-refractivity contribution >= 4 is 18.0 Å². The number of carbonyl (C=O) groups is 3. The highest BCUT2D eigenvalue weighted by atomic mass is 19.1. The Bertz CT molecular complexity index is 1690. The van der Waals surface area contributed by atoms with Crippen LogP contribution in [0.15, 0.2) is 42.6 Å². The van der Waals surface area contributed by atoms with Gasteiger partial charge < -0.3 is 24.2 Å². The highest BCUT2D eigenvalue weighted by Crippen LogP contribution is 2.37. The van der Waals surface area contributed by atoms with Gasteiger partial charge in [-0.15, -0.1) is 0 Å². The molecule has 0 saturated carbocycles. The van der Waals surface area contributed by atoms with E-state index in [-0.39, 0.29) is 24.1 Å². The molecule has 0 spiro atoms. The summed E-state index contributed by atoms with van der Waals surface area (Å²) >= 11 is 0. The van der Waals surface area contributed by atoms with Crippen molar-refractivity contribution in [1.82, 2.24) is 19.3 Å². The first-order valence-electron chi connectivity index (χ1n) is 16.1. The highest BCUT2D eigenvalue weighted by Gasteiger charge is 2.36.